The summed E-state index contributed by atoms with van der Waals surface area (Å²) >= 11 is 0. The van der Waals surface area contributed by atoms with Gasteiger partial charge < -0.3 is 10.7 Å². The molecule has 0 amide bonds. The molecule has 15 heavy (non-hydrogen) atoms. The molecule has 1 unspecified atom stereocenters. The largest absolute Gasteiger partial charge is 0.369 e. The number of nitrogen functional groups attached to an aromatic ring is 1. The molecule has 5 nitrogen and oxygen atoms in total. The summed E-state index contributed by atoms with van der Waals surface area (Å²) in [6.07, 6.45) is 2.65. The summed E-state index contributed by atoms with van der Waals surface area (Å²) in [7, 11) is 0. The lowest BCUT2D eigenvalue weighted by Crippen LogP contribution is -2.15. The molecule has 84 valence electrons. The van der Waals surface area contributed by atoms with Crippen molar-refractivity contribution in [2.24, 2.45) is 11.8 Å². The van der Waals surface area contributed by atoms with Crippen LogP contribution in [0.15, 0.2) is 6.33 Å². The molecular formula is C10H19N5. The third kappa shape index (κ3) is 3.06. The second kappa shape index (κ2) is 5.50. The predicted octanol–water partition coefficient (Wildman–Crippen LogP) is 1.53. The van der Waals surface area contributed by atoms with Crippen LogP contribution in [0.4, 0.5) is 11.6 Å². The van der Waals surface area contributed by atoms with E-state index >= 15 is 0 Å². The second-order valence-electron chi connectivity index (χ2n) is 3.73. The van der Waals surface area contributed by atoms with Crippen molar-refractivity contribution in [1.82, 2.24) is 9.97 Å². The molecule has 1 aromatic heterocycles. The van der Waals surface area contributed by atoms with Crippen LogP contribution >= 0.6 is 0 Å². The Bertz CT molecular complexity index is 313. The smallest absolute Gasteiger partial charge is 0.148 e. The van der Waals surface area contributed by atoms with E-state index in [2.05, 4.69) is 34.6 Å². The Morgan fingerprint density at radius 3 is 2.67 bits per heavy atom. The fourth-order valence-electron chi connectivity index (χ4n) is 1.19. The van der Waals surface area contributed by atoms with Crippen molar-refractivity contribution < 1.29 is 0 Å². The van der Waals surface area contributed by atoms with Crippen LogP contribution in [0.25, 0.3) is 0 Å². The van der Waals surface area contributed by atoms with Crippen LogP contribution in [0, 0.1) is 12.8 Å². The van der Waals surface area contributed by atoms with Crippen LogP contribution in [-0.4, -0.2) is 16.5 Å². The van der Waals surface area contributed by atoms with Crippen molar-refractivity contribution in [2.75, 3.05) is 17.3 Å². The molecule has 0 aromatic carbocycles. The molecule has 5 heteroatoms. The van der Waals surface area contributed by atoms with E-state index in [1.807, 2.05) is 6.92 Å². The Hall–Kier alpha value is -1.36. The SMILES string of the molecule is CCC(C)CNc1ncnc(NN)c1C. The molecule has 0 saturated heterocycles. The molecule has 1 atom stereocenters. The predicted molar refractivity (Wildman–Crippen MR) is 62.5 cm³/mol. The number of nitrogens with one attached hydrogen (secondary N) is 2. The standard InChI is InChI=1S/C10H19N5/c1-4-7(2)5-12-9-8(3)10(15-11)14-6-13-9/h6-7H,4-5,11H2,1-3H3,(H2,12,13,14,15). The molecule has 1 heterocycles. The van der Waals surface area contributed by atoms with Crippen LogP contribution in [0.5, 0.6) is 0 Å². The molecule has 0 aliphatic rings. The van der Waals surface area contributed by atoms with Crippen LogP contribution in [-0.2, 0) is 0 Å². The highest BCUT2D eigenvalue weighted by molar-refractivity contribution is 5.55. The van der Waals surface area contributed by atoms with Crippen LogP contribution in [0.3, 0.4) is 0 Å². The van der Waals surface area contributed by atoms with Crippen molar-refractivity contribution in [1.29, 1.82) is 0 Å². The number of aromatic nitrogens is 2. The molecule has 0 spiro atoms. The molecule has 1 rings (SSSR count). The summed E-state index contributed by atoms with van der Waals surface area (Å²) in [5, 5.41) is 3.29. The van der Waals surface area contributed by atoms with Gasteiger partial charge in [-0.2, -0.15) is 0 Å². The van der Waals surface area contributed by atoms with Gasteiger partial charge in [0.25, 0.3) is 0 Å². The monoisotopic (exact) mass is 209 g/mol. The number of hydrogen-bond acceptors (Lipinski definition) is 5. The van der Waals surface area contributed by atoms with E-state index in [9.17, 15) is 0 Å². The lowest BCUT2D eigenvalue weighted by molar-refractivity contribution is 0.592. The van der Waals surface area contributed by atoms with E-state index in [-0.39, 0.29) is 0 Å². The first kappa shape index (κ1) is 11.7. The summed E-state index contributed by atoms with van der Waals surface area (Å²) in [5.41, 5.74) is 3.49. The van der Waals surface area contributed by atoms with Gasteiger partial charge in [0.05, 0.1) is 0 Å². The fraction of sp³-hybridized carbons (Fsp3) is 0.600. The maximum absolute atomic E-state index is 5.33. The minimum atomic E-state index is 0.633. The average Bonchev–Trinajstić information content (AvgIpc) is 2.27. The van der Waals surface area contributed by atoms with E-state index in [4.69, 9.17) is 5.84 Å². The molecule has 4 N–H and O–H groups in total. The van der Waals surface area contributed by atoms with E-state index in [1.54, 1.807) is 0 Å². The third-order valence-electron chi connectivity index (χ3n) is 2.54. The van der Waals surface area contributed by atoms with Gasteiger partial charge in [0.2, 0.25) is 0 Å². The third-order valence-corrected chi connectivity index (χ3v) is 2.54. The maximum atomic E-state index is 5.33. The van der Waals surface area contributed by atoms with E-state index < -0.39 is 0 Å². The Labute approximate surface area is 90.5 Å². The summed E-state index contributed by atoms with van der Waals surface area (Å²) in [5.74, 6) is 7.48. The zero-order valence-corrected chi connectivity index (χ0v) is 9.54. The van der Waals surface area contributed by atoms with Crippen molar-refractivity contribution in [3.05, 3.63) is 11.9 Å². The van der Waals surface area contributed by atoms with E-state index in [1.165, 1.54) is 6.33 Å². The second-order valence-corrected chi connectivity index (χ2v) is 3.73. The first-order chi connectivity index (χ1) is 7.19. The van der Waals surface area contributed by atoms with Crippen molar-refractivity contribution in [3.63, 3.8) is 0 Å². The first-order valence-electron chi connectivity index (χ1n) is 5.21. The Kier molecular flexibility index (Phi) is 4.30. The van der Waals surface area contributed by atoms with Crippen LogP contribution in [0.2, 0.25) is 0 Å². The average molecular weight is 209 g/mol. The lowest BCUT2D eigenvalue weighted by Gasteiger charge is -2.13. The summed E-state index contributed by atoms with van der Waals surface area (Å²) in [6.45, 7) is 7.23. The Morgan fingerprint density at radius 1 is 1.40 bits per heavy atom. The normalized spacial score (nSPS) is 12.3. The van der Waals surface area contributed by atoms with Gasteiger partial charge in [-0.15, -0.1) is 0 Å². The summed E-state index contributed by atoms with van der Waals surface area (Å²) in [4.78, 5) is 8.19. The van der Waals surface area contributed by atoms with E-state index in [0.717, 1.165) is 24.3 Å². The number of rotatable bonds is 5. The van der Waals surface area contributed by atoms with Crippen LogP contribution < -0.4 is 16.6 Å². The lowest BCUT2D eigenvalue weighted by atomic mass is 10.1. The Morgan fingerprint density at radius 2 is 2.07 bits per heavy atom. The zero-order chi connectivity index (χ0) is 11.3. The number of hydrazine groups is 1. The summed E-state index contributed by atoms with van der Waals surface area (Å²) in [6, 6.07) is 0. The maximum Gasteiger partial charge on any atom is 0.148 e. The molecule has 0 aliphatic carbocycles. The first-order valence-corrected chi connectivity index (χ1v) is 5.21. The van der Waals surface area contributed by atoms with Crippen molar-refractivity contribution >= 4 is 11.6 Å². The number of nitrogens with two attached hydrogens (primary N) is 1. The van der Waals surface area contributed by atoms with Gasteiger partial charge in [-0.05, 0) is 12.8 Å². The molecule has 0 fully saturated rings. The van der Waals surface area contributed by atoms with E-state index in [0.29, 0.717) is 11.7 Å². The number of anilines is 2. The topological polar surface area (TPSA) is 75.9 Å². The number of nitrogens with zero attached hydrogens (tertiary/aromatic N) is 2. The quantitative estimate of drug-likeness (QED) is 0.506. The molecule has 0 bridgehead atoms. The summed E-state index contributed by atoms with van der Waals surface area (Å²) < 4.78 is 0. The molecule has 0 saturated carbocycles. The van der Waals surface area contributed by atoms with Gasteiger partial charge in [-0.1, -0.05) is 20.3 Å². The van der Waals surface area contributed by atoms with Crippen molar-refractivity contribution in [3.8, 4) is 0 Å². The molecule has 0 aliphatic heterocycles. The van der Waals surface area contributed by atoms with Crippen LogP contribution in [0.1, 0.15) is 25.8 Å². The van der Waals surface area contributed by atoms with Gasteiger partial charge in [-0.3, -0.25) is 0 Å². The van der Waals surface area contributed by atoms with Gasteiger partial charge in [0, 0.05) is 12.1 Å². The molecular weight excluding hydrogens is 190 g/mol. The van der Waals surface area contributed by atoms with Gasteiger partial charge in [0.15, 0.2) is 0 Å². The highest BCUT2D eigenvalue weighted by atomic mass is 15.3. The molecule has 0 radical (unpaired) electrons. The fourth-order valence-corrected chi connectivity index (χ4v) is 1.19. The highest BCUT2D eigenvalue weighted by Gasteiger charge is 2.06. The molecule has 1 aromatic rings. The van der Waals surface area contributed by atoms with Gasteiger partial charge in [-0.25, -0.2) is 15.8 Å². The minimum absolute atomic E-state index is 0.633. The van der Waals surface area contributed by atoms with Gasteiger partial charge in [0.1, 0.15) is 18.0 Å². The number of hydrogen-bond donors (Lipinski definition) is 3. The zero-order valence-electron chi connectivity index (χ0n) is 9.54. The highest BCUT2D eigenvalue weighted by Crippen LogP contribution is 2.17. The minimum Gasteiger partial charge on any atom is -0.369 e. The Balaban J connectivity index is 2.68. The van der Waals surface area contributed by atoms with Crippen molar-refractivity contribution in [2.45, 2.75) is 27.2 Å². The van der Waals surface area contributed by atoms with Gasteiger partial charge >= 0.3 is 0 Å².